The maximum absolute atomic E-state index is 12.1. The number of amides is 1. The number of benzene rings is 1. The van der Waals surface area contributed by atoms with Crippen LogP contribution in [0.3, 0.4) is 0 Å². The van der Waals surface area contributed by atoms with Gasteiger partial charge in [0, 0.05) is 11.4 Å². The molecule has 1 fully saturated rings. The van der Waals surface area contributed by atoms with Crippen LogP contribution >= 0.6 is 11.8 Å². The van der Waals surface area contributed by atoms with E-state index in [-0.39, 0.29) is 5.91 Å². The molecule has 0 saturated carbocycles. The fraction of sp³-hybridized carbons (Fsp3) is 0.417. The molecule has 0 aliphatic carbocycles. The summed E-state index contributed by atoms with van der Waals surface area (Å²) in [4.78, 5) is 12.1. The van der Waals surface area contributed by atoms with E-state index in [1.165, 1.54) is 0 Å². The van der Waals surface area contributed by atoms with Crippen molar-refractivity contribution in [2.75, 3.05) is 24.3 Å². The van der Waals surface area contributed by atoms with E-state index >= 15 is 0 Å². The highest BCUT2D eigenvalue weighted by molar-refractivity contribution is 8.01. The smallest absolute Gasteiger partial charge is 0.242 e. The number of hydrogen-bond donors (Lipinski definition) is 1. The Labute approximate surface area is 99.6 Å². The normalized spacial score (nSPS) is 25.1. The molecule has 1 N–H and O–H groups in total. The van der Waals surface area contributed by atoms with Crippen LogP contribution < -0.4 is 5.32 Å². The van der Waals surface area contributed by atoms with Gasteiger partial charge in [-0.2, -0.15) is 0 Å². The van der Waals surface area contributed by atoms with Gasteiger partial charge >= 0.3 is 0 Å². The van der Waals surface area contributed by atoms with Crippen LogP contribution in [0, 0.1) is 0 Å². The number of para-hydroxylation sites is 1. The lowest BCUT2D eigenvalue weighted by atomic mass is 10.1. The van der Waals surface area contributed by atoms with Crippen molar-refractivity contribution in [3.05, 3.63) is 30.3 Å². The molecule has 1 heterocycles. The number of rotatable bonds is 2. The monoisotopic (exact) mass is 237 g/mol. The molecule has 3 nitrogen and oxygen atoms in total. The molecular weight excluding hydrogens is 222 g/mol. The average molecular weight is 237 g/mol. The number of carbonyl (C=O) groups is 1. The Hall–Kier alpha value is -1.00. The predicted molar refractivity (Wildman–Crippen MR) is 66.8 cm³/mol. The summed E-state index contributed by atoms with van der Waals surface area (Å²) in [6.07, 6.45) is 0. The molecule has 16 heavy (non-hydrogen) atoms. The molecule has 1 aliphatic heterocycles. The van der Waals surface area contributed by atoms with Gasteiger partial charge in [-0.3, -0.25) is 4.79 Å². The third-order valence-corrected chi connectivity index (χ3v) is 3.85. The number of hydrogen-bond acceptors (Lipinski definition) is 3. The molecule has 0 spiro atoms. The lowest BCUT2D eigenvalue weighted by Gasteiger charge is -2.31. The molecule has 86 valence electrons. The summed E-state index contributed by atoms with van der Waals surface area (Å²) in [7, 11) is 0. The Kier molecular flexibility index (Phi) is 3.51. The number of ether oxygens (including phenoxy) is 1. The summed E-state index contributed by atoms with van der Waals surface area (Å²) in [6.45, 7) is 3.14. The zero-order valence-corrected chi connectivity index (χ0v) is 10.0. The van der Waals surface area contributed by atoms with Gasteiger partial charge < -0.3 is 10.1 Å². The number of thioether (sulfide) groups is 1. The van der Waals surface area contributed by atoms with Gasteiger partial charge in [0.15, 0.2) is 0 Å². The maximum atomic E-state index is 12.1. The van der Waals surface area contributed by atoms with E-state index in [4.69, 9.17) is 4.74 Å². The molecule has 1 saturated heterocycles. The molecular formula is C12H15NO2S. The summed E-state index contributed by atoms with van der Waals surface area (Å²) < 4.78 is 4.90. The van der Waals surface area contributed by atoms with Crippen molar-refractivity contribution in [2.45, 2.75) is 11.7 Å². The van der Waals surface area contributed by atoms with Gasteiger partial charge in [0.1, 0.15) is 4.75 Å². The van der Waals surface area contributed by atoms with Gasteiger partial charge in [-0.25, -0.2) is 0 Å². The molecule has 0 radical (unpaired) electrons. The largest absolute Gasteiger partial charge is 0.379 e. The van der Waals surface area contributed by atoms with Gasteiger partial charge in [-0.15, -0.1) is 11.8 Å². The third-order valence-electron chi connectivity index (χ3n) is 2.54. The van der Waals surface area contributed by atoms with Crippen molar-refractivity contribution in [3.63, 3.8) is 0 Å². The van der Waals surface area contributed by atoms with Gasteiger partial charge in [-0.1, -0.05) is 18.2 Å². The molecule has 2 rings (SSSR count). The zero-order chi connectivity index (χ0) is 11.4. The fourth-order valence-electron chi connectivity index (χ4n) is 1.55. The van der Waals surface area contributed by atoms with Crippen molar-refractivity contribution in [2.24, 2.45) is 0 Å². The zero-order valence-electron chi connectivity index (χ0n) is 9.23. The molecule has 1 amide bonds. The second kappa shape index (κ2) is 4.89. The lowest BCUT2D eigenvalue weighted by molar-refractivity contribution is -0.119. The Morgan fingerprint density at radius 3 is 2.81 bits per heavy atom. The third kappa shape index (κ3) is 2.57. The predicted octanol–water partition coefficient (Wildman–Crippen LogP) is 2.15. The van der Waals surface area contributed by atoms with Crippen LogP contribution in [-0.4, -0.2) is 29.6 Å². The fourth-order valence-corrected chi connectivity index (χ4v) is 2.55. The minimum atomic E-state index is -0.464. The highest BCUT2D eigenvalue weighted by Crippen LogP contribution is 2.30. The minimum absolute atomic E-state index is 0.0170. The van der Waals surface area contributed by atoms with Gasteiger partial charge in [-0.05, 0) is 19.1 Å². The van der Waals surface area contributed by atoms with Crippen LogP contribution in [-0.2, 0) is 9.53 Å². The van der Waals surface area contributed by atoms with Crippen molar-refractivity contribution in [3.8, 4) is 0 Å². The van der Waals surface area contributed by atoms with Crippen molar-refractivity contribution in [1.82, 2.24) is 0 Å². The molecule has 1 aromatic carbocycles. The number of anilines is 1. The summed E-state index contributed by atoms with van der Waals surface area (Å²) in [5.41, 5.74) is 0.833. The van der Waals surface area contributed by atoms with Crippen LogP contribution in [0.15, 0.2) is 30.3 Å². The number of nitrogens with one attached hydrogen (secondary N) is 1. The Morgan fingerprint density at radius 1 is 1.44 bits per heavy atom. The van der Waals surface area contributed by atoms with E-state index in [0.717, 1.165) is 18.0 Å². The molecule has 0 bridgehead atoms. The highest BCUT2D eigenvalue weighted by Gasteiger charge is 2.36. The first-order valence-electron chi connectivity index (χ1n) is 5.29. The average Bonchev–Trinajstić information content (AvgIpc) is 2.31. The van der Waals surface area contributed by atoms with E-state index in [0.29, 0.717) is 6.61 Å². The van der Waals surface area contributed by atoms with E-state index < -0.39 is 4.75 Å². The standard InChI is InChI=1S/C12H15NO2S/c1-12(9-15-7-8-16-12)11(14)13-10-5-3-2-4-6-10/h2-6H,7-9H2,1H3,(H,13,14). The topological polar surface area (TPSA) is 38.3 Å². The molecule has 1 aromatic rings. The first-order chi connectivity index (χ1) is 7.71. The van der Waals surface area contributed by atoms with Crippen LogP contribution in [0.4, 0.5) is 5.69 Å². The quantitative estimate of drug-likeness (QED) is 0.856. The maximum Gasteiger partial charge on any atom is 0.242 e. The minimum Gasteiger partial charge on any atom is -0.379 e. The van der Waals surface area contributed by atoms with Gasteiger partial charge in [0.25, 0.3) is 0 Å². The Morgan fingerprint density at radius 2 is 2.19 bits per heavy atom. The first kappa shape index (κ1) is 11.5. The Bertz CT molecular complexity index is 361. The number of carbonyl (C=O) groups excluding carboxylic acids is 1. The first-order valence-corrected chi connectivity index (χ1v) is 6.27. The van der Waals surface area contributed by atoms with E-state index in [2.05, 4.69) is 5.32 Å². The molecule has 1 unspecified atom stereocenters. The molecule has 4 heteroatoms. The van der Waals surface area contributed by atoms with Crippen LogP contribution in [0.2, 0.25) is 0 Å². The second-order valence-corrected chi connectivity index (χ2v) is 5.55. The molecule has 0 aromatic heterocycles. The van der Waals surface area contributed by atoms with Crippen LogP contribution in [0.25, 0.3) is 0 Å². The van der Waals surface area contributed by atoms with Gasteiger partial charge in [0.05, 0.1) is 13.2 Å². The SMILES string of the molecule is CC1(C(=O)Nc2ccccc2)COCCS1. The van der Waals surface area contributed by atoms with Gasteiger partial charge in [0.2, 0.25) is 5.91 Å². The molecule has 1 atom stereocenters. The summed E-state index contributed by atoms with van der Waals surface area (Å²) in [5, 5.41) is 2.91. The van der Waals surface area contributed by atoms with Crippen LogP contribution in [0.1, 0.15) is 6.92 Å². The summed E-state index contributed by atoms with van der Waals surface area (Å²) in [6, 6.07) is 9.51. The van der Waals surface area contributed by atoms with Crippen LogP contribution in [0.5, 0.6) is 0 Å². The van der Waals surface area contributed by atoms with E-state index in [9.17, 15) is 4.79 Å². The van der Waals surface area contributed by atoms with Crippen molar-refractivity contribution >= 4 is 23.4 Å². The lowest BCUT2D eigenvalue weighted by Crippen LogP contribution is -2.44. The van der Waals surface area contributed by atoms with Crippen molar-refractivity contribution in [1.29, 1.82) is 0 Å². The van der Waals surface area contributed by atoms with E-state index in [1.54, 1.807) is 11.8 Å². The molecule has 1 aliphatic rings. The summed E-state index contributed by atoms with van der Waals surface area (Å²) >= 11 is 1.66. The second-order valence-electron chi connectivity index (χ2n) is 3.95. The van der Waals surface area contributed by atoms with E-state index in [1.807, 2.05) is 37.3 Å². The summed E-state index contributed by atoms with van der Waals surface area (Å²) in [5.74, 6) is 0.891. The van der Waals surface area contributed by atoms with Crippen molar-refractivity contribution < 1.29 is 9.53 Å². The Balaban J connectivity index is 2.02. The highest BCUT2D eigenvalue weighted by atomic mass is 32.2.